The fraction of sp³-hybridized carbons (Fsp3) is 0.533. The molecular weight excluding hydrogens is 222 g/mol. The molecule has 96 valence electrons. The molecule has 2 rings (SSSR count). The van der Waals surface area contributed by atoms with Crippen LogP contribution in [0.5, 0.6) is 0 Å². The molecule has 1 aliphatic heterocycles. The van der Waals surface area contributed by atoms with Gasteiger partial charge in [-0.2, -0.15) is 5.26 Å². The SMILES string of the molecule is CC1(C)CNCCCN(c2ccccc2C#N)C1. The lowest BCUT2D eigenvalue weighted by Crippen LogP contribution is -2.44. The lowest BCUT2D eigenvalue weighted by molar-refractivity contribution is 0.325. The Morgan fingerprint density at radius 2 is 2.11 bits per heavy atom. The Balaban J connectivity index is 2.26. The predicted octanol–water partition coefficient (Wildman–Crippen LogP) is 2.38. The molecule has 1 N–H and O–H groups in total. The summed E-state index contributed by atoms with van der Waals surface area (Å²) in [4.78, 5) is 2.36. The Morgan fingerprint density at radius 1 is 1.33 bits per heavy atom. The molecule has 0 radical (unpaired) electrons. The van der Waals surface area contributed by atoms with E-state index >= 15 is 0 Å². The summed E-state index contributed by atoms with van der Waals surface area (Å²) < 4.78 is 0. The van der Waals surface area contributed by atoms with Gasteiger partial charge in [-0.25, -0.2) is 0 Å². The van der Waals surface area contributed by atoms with Crippen molar-refractivity contribution < 1.29 is 0 Å². The molecule has 1 fully saturated rings. The van der Waals surface area contributed by atoms with Gasteiger partial charge in [0.15, 0.2) is 0 Å². The minimum atomic E-state index is 0.225. The molecule has 0 atom stereocenters. The van der Waals surface area contributed by atoms with Crippen molar-refractivity contribution in [3.8, 4) is 6.07 Å². The lowest BCUT2D eigenvalue weighted by atomic mass is 9.91. The van der Waals surface area contributed by atoms with Crippen molar-refractivity contribution in [2.45, 2.75) is 20.3 Å². The van der Waals surface area contributed by atoms with Gasteiger partial charge in [-0.05, 0) is 30.5 Å². The third-order valence-corrected chi connectivity index (χ3v) is 3.37. The first-order chi connectivity index (χ1) is 8.62. The van der Waals surface area contributed by atoms with Gasteiger partial charge in [0.1, 0.15) is 6.07 Å². The van der Waals surface area contributed by atoms with Gasteiger partial charge >= 0.3 is 0 Å². The molecule has 1 aliphatic rings. The van der Waals surface area contributed by atoms with Crippen molar-refractivity contribution in [2.75, 3.05) is 31.1 Å². The summed E-state index contributed by atoms with van der Waals surface area (Å²) in [6.07, 6.45) is 1.12. The van der Waals surface area contributed by atoms with Crippen LogP contribution in [0.15, 0.2) is 24.3 Å². The average Bonchev–Trinajstić information content (AvgIpc) is 2.34. The van der Waals surface area contributed by atoms with Gasteiger partial charge in [-0.1, -0.05) is 26.0 Å². The van der Waals surface area contributed by atoms with Crippen LogP contribution >= 0.6 is 0 Å². The van der Waals surface area contributed by atoms with Crippen LogP contribution in [-0.4, -0.2) is 26.2 Å². The minimum Gasteiger partial charge on any atom is -0.370 e. The second-order valence-electron chi connectivity index (χ2n) is 5.75. The van der Waals surface area contributed by atoms with Crippen LogP contribution in [0.4, 0.5) is 5.69 Å². The highest BCUT2D eigenvalue weighted by atomic mass is 15.1. The van der Waals surface area contributed by atoms with Crippen LogP contribution in [0, 0.1) is 16.7 Å². The normalized spacial score (nSPS) is 19.7. The van der Waals surface area contributed by atoms with E-state index in [2.05, 4.69) is 36.2 Å². The van der Waals surface area contributed by atoms with Gasteiger partial charge < -0.3 is 10.2 Å². The van der Waals surface area contributed by atoms with E-state index < -0.39 is 0 Å². The molecule has 3 nitrogen and oxygen atoms in total. The first-order valence-corrected chi connectivity index (χ1v) is 6.57. The Kier molecular flexibility index (Phi) is 3.88. The quantitative estimate of drug-likeness (QED) is 0.823. The zero-order valence-electron chi connectivity index (χ0n) is 11.2. The predicted molar refractivity (Wildman–Crippen MR) is 74.6 cm³/mol. The van der Waals surface area contributed by atoms with E-state index in [1.807, 2.05) is 18.2 Å². The van der Waals surface area contributed by atoms with E-state index in [0.717, 1.165) is 43.9 Å². The van der Waals surface area contributed by atoms with Gasteiger partial charge in [0, 0.05) is 19.6 Å². The Hall–Kier alpha value is -1.53. The number of nitrogens with zero attached hydrogens (tertiary/aromatic N) is 2. The second kappa shape index (κ2) is 5.41. The molecule has 1 saturated heterocycles. The zero-order chi connectivity index (χ0) is 13.0. The summed E-state index contributed by atoms with van der Waals surface area (Å²) in [6, 6.07) is 10.2. The van der Waals surface area contributed by atoms with Crippen molar-refractivity contribution in [3.05, 3.63) is 29.8 Å². The molecule has 0 saturated carbocycles. The van der Waals surface area contributed by atoms with E-state index in [4.69, 9.17) is 0 Å². The molecule has 18 heavy (non-hydrogen) atoms. The number of nitriles is 1. The fourth-order valence-electron chi connectivity index (χ4n) is 2.52. The first kappa shape index (κ1) is 12.9. The van der Waals surface area contributed by atoms with Gasteiger partial charge in [0.25, 0.3) is 0 Å². The summed E-state index contributed by atoms with van der Waals surface area (Å²) >= 11 is 0. The maximum absolute atomic E-state index is 9.22. The van der Waals surface area contributed by atoms with Gasteiger partial charge in [-0.3, -0.25) is 0 Å². The summed E-state index contributed by atoms with van der Waals surface area (Å²) in [5.74, 6) is 0. The highest BCUT2D eigenvalue weighted by Crippen LogP contribution is 2.25. The van der Waals surface area contributed by atoms with Crippen LogP contribution in [0.1, 0.15) is 25.8 Å². The fourth-order valence-corrected chi connectivity index (χ4v) is 2.52. The molecule has 0 aromatic heterocycles. The monoisotopic (exact) mass is 243 g/mol. The molecule has 0 amide bonds. The van der Waals surface area contributed by atoms with Gasteiger partial charge in [-0.15, -0.1) is 0 Å². The standard InChI is InChI=1S/C15H21N3/c1-15(2)11-17-8-5-9-18(12-15)14-7-4-3-6-13(14)10-16/h3-4,6-7,17H,5,8-9,11-12H2,1-2H3. The highest BCUT2D eigenvalue weighted by Gasteiger charge is 2.24. The number of rotatable bonds is 1. The molecule has 1 aromatic carbocycles. The Morgan fingerprint density at radius 3 is 2.89 bits per heavy atom. The van der Waals surface area contributed by atoms with Crippen LogP contribution < -0.4 is 10.2 Å². The Bertz CT molecular complexity index is 445. The van der Waals surface area contributed by atoms with Gasteiger partial charge in [0.2, 0.25) is 0 Å². The lowest BCUT2D eigenvalue weighted by Gasteiger charge is -2.37. The van der Waals surface area contributed by atoms with E-state index in [1.165, 1.54) is 0 Å². The summed E-state index contributed by atoms with van der Waals surface area (Å²) in [7, 11) is 0. The van der Waals surface area contributed by atoms with E-state index in [0.29, 0.717) is 0 Å². The topological polar surface area (TPSA) is 39.1 Å². The molecule has 3 heteroatoms. The van der Waals surface area contributed by atoms with E-state index in [1.54, 1.807) is 0 Å². The van der Waals surface area contributed by atoms with E-state index in [9.17, 15) is 5.26 Å². The summed E-state index contributed by atoms with van der Waals surface area (Å²) in [5, 5.41) is 12.7. The van der Waals surface area contributed by atoms with Crippen LogP contribution in [0.2, 0.25) is 0 Å². The van der Waals surface area contributed by atoms with Crippen molar-refractivity contribution in [2.24, 2.45) is 5.41 Å². The highest BCUT2D eigenvalue weighted by molar-refractivity contribution is 5.59. The van der Waals surface area contributed by atoms with Crippen LogP contribution in [0.25, 0.3) is 0 Å². The number of benzene rings is 1. The molecular formula is C15H21N3. The van der Waals surface area contributed by atoms with E-state index in [-0.39, 0.29) is 5.41 Å². The first-order valence-electron chi connectivity index (χ1n) is 6.57. The Labute approximate surface area is 109 Å². The maximum Gasteiger partial charge on any atom is 0.101 e. The minimum absolute atomic E-state index is 0.225. The molecule has 0 bridgehead atoms. The van der Waals surface area contributed by atoms with Gasteiger partial charge in [0.05, 0.1) is 11.3 Å². The molecule has 0 aliphatic carbocycles. The van der Waals surface area contributed by atoms with Crippen molar-refractivity contribution in [1.29, 1.82) is 5.26 Å². The maximum atomic E-state index is 9.22. The number of nitrogens with one attached hydrogen (secondary N) is 1. The average molecular weight is 243 g/mol. The number of hydrogen-bond donors (Lipinski definition) is 1. The molecule has 0 spiro atoms. The van der Waals surface area contributed by atoms with Crippen molar-refractivity contribution in [3.63, 3.8) is 0 Å². The molecule has 1 aromatic rings. The third-order valence-electron chi connectivity index (χ3n) is 3.37. The zero-order valence-corrected chi connectivity index (χ0v) is 11.2. The molecule has 0 unspecified atom stereocenters. The van der Waals surface area contributed by atoms with Crippen molar-refractivity contribution in [1.82, 2.24) is 5.32 Å². The van der Waals surface area contributed by atoms with Crippen LogP contribution in [0.3, 0.4) is 0 Å². The van der Waals surface area contributed by atoms with Crippen molar-refractivity contribution >= 4 is 5.69 Å². The summed E-state index contributed by atoms with van der Waals surface area (Å²) in [6.45, 7) is 8.61. The third kappa shape index (κ3) is 3.02. The second-order valence-corrected chi connectivity index (χ2v) is 5.75. The number of anilines is 1. The molecule has 1 heterocycles. The number of para-hydroxylation sites is 1. The summed E-state index contributed by atoms with van der Waals surface area (Å²) in [5.41, 5.74) is 2.08. The largest absolute Gasteiger partial charge is 0.370 e. The smallest absolute Gasteiger partial charge is 0.101 e. The number of hydrogen-bond acceptors (Lipinski definition) is 3. The van der Waals surface area contributed by atoms with Crippen LogP contribution in [-0.2, 0) is 0 Å².